The van der Waals surface area contributed by atoms with E-state index in [1.807, 2.05) is 43.3 Å². The van der Waals surface area contributed by atoms with Gasteiger partial charge in [-0.1, -0.05) is 39.7 Å². The fourth-order valence-electron chi connectivity index (χ4n) is 1.83. The molecule has 0 radical (unpaired) electrons. The molecule has 0 aliphatic rings. The summed E-state index contributed by atoms with van der Waals surface area (Å²) in [5.74, 6) is 0. The fourth-order valence-corrected chi connectivity index (χ4v) is 2.39. The molecule has 4 heteroatoms. The van der Waals surface area contributed by atoms with E-state index in [0.29, 0.717) is 10.6 Å². The minimum atomic E-state index is 0.0695. The Kier molecular flexibility index (Phi) is 4.47. The number of hydrogen-bond donors (Lipinski definition) is 1. The number of nitriles is 1. The first-order chi connectivity index (χ1) is 9.10. The van der Waals surface area contributed by atoms with Crippen LogP contribution in [0.3, 0.4) is 0 Å². The lowest BCUT2D eigenvalue weighted by Crippen LogP contribution is -2.07. The molecular weight excluding hydrogens is 324 g/mol. The van der Waals surface area contributed by atoms with Crippen molar-refractivity contribution in [2.75, 3.05) is 5.32 Å². The largest absolute Gasteiger partial charge is 0.377 e. The molecule has 2 aromatic rings. The molecule has 0 saturated carbocycles. The van der Waals surface area contributed by atoms with E-state index in [0.717, 1.165) is 15.7 Å². The van der Waals surface area contributed by atoms with Gasteiger partial charge in [-0.15, -0.1) is 0 Å². The zero-order valence-electron chi connectivity index (χ0n) is 10.3. The third-order valence-electron chi connectivity index (χ3n) is 2.82. The number of anilines is 1. The van der Waals surface area contributed by atoms with E-state index in [2.05, 4.69) is 27.3 Å². The van der Waals surface area contributed by atoms with Gasteiger partial charge in [0.25, 0.3) is 0 Å². The van der Waals surface area contributed by atoms with Crippen LogP contribution in [0.2, 0.25) is 5.02 Å². The molecule has 96 valence electrons. The van der Waals surface area contributed by atoms with Crippen LogP contribution in [-0.2, 0) is 0 Å². The average Bonchev–Trinajstić information content (AvgIpc) is 2.39. The predicted octanol–water partition coefficient (Wildman–Crippen LogP) is 5.15. The zero-order valence-corrected chi connectivity index (χ0v) is 12.7. The van der Waals surface area contributed by atoms with Crippen molar-refractivity contribution >= 4 is 33.2 Å². The topological polar surface area (TPSA) is 35.8 Å². The lowest BCUT2D eigenvalue weighted by molar-refractivity contribution is 0.884. The van der Waals surface area contributed by atoms with E-state index < -0.39 is 0 Å². The predicted molar refractivity (Wildman–Crippen MR) is 82.3 cm³/mol. The van der Waals surface area contributed by atoms with Gasteiger partial charge >= 0.3 is 0 Å². The summed E-state index contributed by atoms with van der Waals surface area (Å²) in [5, 5.41) is 13.2. The number of halogens is 2. The Labute approximate surface area is 126 Å². The molecule has 1 unspecified atom stereocenters. The average molecular weight is 336 g/mol. The highest BCUT2D eigenvalue weighted by Crippen LogP contribution is 2.26. The maximum Gasteiger partial charge on any atom is 0.101 e. The molecule has 2 aromatic carbocycles. The van der Waals surface area contributed by atoms with Crippen molar-refractivity contribution < 1.29 is 0 Å². The number of nitrogens with one attached hydrogen (secondary N) is 1. The number of hydrogen-bond acceptors (Lipinski definition) is 2. The van der Waals surface area contributed by atoms with E-state index in [1.54, 1.807) is 6.07 Å². The van der Waals surface area contributed by atoms with Crippen molar-refractivity contribution in [3.8, 4) is 6.07 Å². The SMILES string of the molecule is CC(Nc1cc(Br)ccc1C#N)c1cccc(Cl)c1. The minimum absolute atomic E-state index is 0.0695. The first-order valence-corrected chi connectivity index (χ1v) is 6.99. The van der Waals surface area contributed by atoms with Crippen LogP contribution in [-0.4, -0.2) is 0 Å². The Morgan fingerprint density at radius 3 is 2.74 bits per heavy atom. The molecule has 0 fully saturated rings. The molecule has 1 N–H and O–H groups in total. The van der Waals surface area contributed by atoms with E-state index in [-0.39, 0.29) is 6.04 Å². The molecule has 1 atom stereocenters. The number of nitrogens with zero attached hydrogens (tertiary/aromatic N) is 1. The van der Waals surface area contributed by atoms with Crippen LogP contribution >= 0.6 is 27.5 Å². The smallest absolute Gasteiger partial charge is 0.101 e. The first kappa shape index (κ1) is 13.9. The molecule has 0 aromatic heterocycles. The van der Waals surface area contributed by atoms with Gasteiger partial charge in [0.05, 0.1) is 11.3 Å². The van der Waals surface area contributed by atoms with E-state index in [1.165, 1.54) is 0 Å². The van der Waals surface area contributed by atoms with Crippen molar-refractivity contribution in [3.63, 3.8) is 0 Å². The summed E-state index contributed by atoms with van der Waals surface area (Å²) in [7, 11) is 0. The Bertz CT molecular complexity index is 634. The van der Waals surface area contributed by atoms with Gasteiger partial charge in [-0.2, -0.15) is 5.26 Å². The molecule has 0 heterocycles. The van der Waals surface area contributed by atoms with Crippen LogP contribution in [0.25, 0.3) is 0 Å². The summed E-state index contributed by atoms with van der Waals surface area (Å²) in [6.07, 6.45) is 0. The van der Waals surface area contributed by atoms with Crippen LogP contribution in [0.15, 0.2) is 46.9 Å². The molecular formula is C15H12BrClN2. The second kappa shape index (κ2) is 6.10. The van der Waals surface area contributed by atoms with Crippen LogP contribution in [0.5, 0.6) is 0 Å². The van der Waals surface area contributed by atoms with Gasteiger partial charge in [0.1, 0.15) is 6.07 Å². The lowest BCUT2D eigenvalue weighted by Gasteiger charge is -2.17. The van der Waals surface area contributed by atoms with Gasteiger partial charge in [0.15, 0.2) is 0 Å². The molecule has 2 rings (SSSR count). The Hall–Kier alpha value is -1.50. The monoisotopic (exact) mass is 334 g/mol. The Morgan fingerprint density at radius 1 is 1.26 bits per heavy atom. The maximum atomic E-state index is 9.11. The van der Waals surface area contributed by atoms with Crippen molar-refractivity contribution in [1.82, 2.24) is 0 Å². The van der Waals surface area contributed by atoms with E-state index in [9.17, 15) is 0 Å². The molecule has 0 saturated heterocycles. The van der Waals surface area contributed by atoms with Gasteiger partial charge in [-0.3, -0.25) is 0 Å². The van der Waals surface area contributed by atoms with Crippen molar-refractivity contribution in [1.29, 1.82) is 5.26 Å². The molecule has 0 spiro atoms. The van der Waals surface area contributed by atoms with E-state index in [4.69, 9.17) is 16.9 Å². The minimum Gasteiger partial charge on any atom is -0.377 e. The summed E-state index contributed by atoms with van der Waals surface area (Å²) in [5.41, 5.74) is 2.51. The van der Waals surface area contributed by atoms with Crippen molar-refractivity contribution in [2.24, 2.45) is 0 Å². The summed E-state index contributed by atoms with van der Waals surface area (Å²) in [6, 6.07) is 15.5. The second-order valence-corrected chi connectivity index (χ2v) is 5.57. The Morgan fingerprint density at radius 2 is 2.05 bits per heavy atom. The van der Waals surface area contributed by atoms with Crippen LogP contribution in [0.1, 0.15) is 24.1 Å². The van der Waals surface area contributed by atoms with Crippen LogP contribution < -0.4 is 5.32 Å². The molecule has 0 amide bonds. The first-order valence-electron chi connectivity index (χ1n) is 5.82. The second-order valence-electron chi connectivity index (χ2n) is 4.22. The Balaban J connectivity index is 2.26. The summed E-state index contributed by atoms with van der Waals surface area (Å²) < 4.78 is 0.937. The normalized spacial score (nSPS) is 11.7. The lowest BCUT2D eigenvalue weighted by atomic mass is 10.1. The molecule has 0 aliphatic carbocycles. The van der Waals surface area contributed by atoms with Crippen LogP contribution in [0, 0.1) is 11.3 Å². The van der Waals surface area contributed by atoms with Gasteiger partial charge in [0.2, 0.25) is 0 Å². The van der Waals surface area contributed by atoms with Crippen molar-refractivity contribution in [3.05, 3.63) is 63.1 Å². The summed E-state index contributed by atoms with van der Waals surface area (Å²) >= 11 is 9.40. The van der Waals surface area contributed by atoms with Gasteiger partial charge in [-0.05, 0) is 42.8 Å². The standard InChI is InChI=1S/C15H12BrClN2/c1-10(11-3-2-4-14(17)7-11)19-15-8-13(16)6-5-12(15)9-18/h2-8,10,19H,1H3. The summed E-state index contributed by atoms with van der Waals surface area (Å²) in [4.78, 5) is 0. The third kappa shape index (κ3) is 3.50. The van der Waals surface area contributed by atoms with Crippen LogP contribution in [0.4, 0.5) is 5.69 Å². The molecule has 19 heavy (non-hydrogen) atoms. The quantitative estimate of drug-likeness (QED) is 0.842. The fraction of sp³-hybridized carbons (Fsp3) is 0.133. The molecule has 0 aliphatic heterocycles. The van der Waals surface area contributed by atoms with Gasteiger partial charge < -0.3 is 5.32 Å². The summed E-state index contributed by atoms with van der Waals surface area (Å²) in [6.45, 7) is 2.04. The van der Waals surface area contributed by atoms with Gasteiger partial charge in [0, 0.05) is 15.5 Å². The zero-order chi connectivity index (χ0) is 13.8. The number of rotatable bonds is 3. The number of benzene rings is 2. The highest BCUT2D eigenvalue weighted by atomic mass is 79.9. The van der Waals surface area contributed by atoms with Crippen molar-refractivity contribution in [2.45, 2.75) is 13.0 Å². The maximum absolute atomic E-state index is 9.11. The molecule has 2 nitrogen and oxygen atoms in total. The molecule has 0 bridgehead atoms. The highest BCUT2D eigenvalue weighted by Gasteiger charge is 2.09. The highest BCUT2D eigenvalue weighted by molar-refractivity contribution is 9.10. The van der Waals surface area contributed by atoms with Gasteiger partial charge in [-0.25, -0.2) is 0 Å². The third-order valence-corrected chi connectivity index (χ3v) is 3.55. The van der Waals surface area contributed by atoms with E-state index >= 15 is 0 Å².